The van der Waals surface area contributed by atoms with Gasteiger partial charge in [-0.05, 0) is 92.4 Å². The number of rotatable bonds is 1. The van der Waals surface area contributed by atoms with Gasteiger partial charge in [0.2, 0.25) is 0 Å². The Bertz CT molecular complexity index is 680. The van der Waals surface area contributed by atoms with Crippen molar-refractivity contribution in [3.8, 4) is 0 Å². The largest absolute Gasteiger partial charge is 0.390 e. The molecule has 9 atom stereocenters. The number of aliphatic hydroxyl groups is 2. The number of carbonyl (C=O) groups excluding carboxylic acids is 1. The zero-order valence-electron chi connectivity index (χ0n) is 17.4. The quantitative estimate of drug-likeness (QED) is 0.720. The number of allylic oxidation sites excluding steroid dienone is 2. The van der Waals surface area contributed by atoms with Crippen molar-refractivity contribution in [2.75, 3.05) is 6.61 Å². The van der Waals surface area contributed by atoms with Crippen LogP contribution >= 0.6 is 0 Å². The molecule has 1 saturated heterocycles. The highest BCUT2D eigenvalue weighted by Gasteiger charge is 2.63. The lowest BCUT2D eigenvalue weighted by Crippen LogP contribution is -2.54. The Morgan fingerprint density at radius 2 is 1.89 bits per heavy atom. The Morgan fingerprint density at radius 1 is 1.07 bits per heavy atom. The van der Waals surface area contributed by atoms with Crippen molar-refractivity contribution < 1.29 is 19.7 Å². The molecule has 0 amide bonds. The summed E-state index contributed by atoms with van der Waals surface area (Å²) in [7, 11) is 0. The lowest BCUT2D eigenvalue weighted by atomic mass is 9.47. The van der Waals surface area contributed by atoms with Gasteiger partial charge in [0.1, 0.15) is 0 Å². The summed E-state index contributed by atoms with van der Waals surface area (Å²) in [5.74, 6) is 1.27. The molecule has 3 saturated carbocycles. The monoisotopic (exact) mass is 388 g/mol. The third-order valence-electron chi connectivity index (χ3n) is 9.70. The molecule has 5 rings (SSSR count). The first-order valence-corrected chi connectivity index (χ1v) is 11.6. The molecule has 5 aliphatic rings. The van der Waals surface area contributed by atoms with E-state index in [1.54, 1.807) is 0 Å². The van der Waals surface area contributed by atoms with Crippen LogP contribution in [0.5, 0.6) is 0 Å². The van der Waals surface area contributed by atoms with Crippen molar-refractivity contribution in [1.82, 2.24) is 0 Å². The third-order valence-corrected chi connectivity index (χ3v) is 9.70. The second-order valence-corrected chi connectivity index (χ2v) is 10.9. The van der Waals surface area contributed by atoms with Gasteiger partial charge in [-0.15, -0.1) is 0 Å². The summed E-state index contributed by atoms with van der Waals surface area (Å²) >= 11 is 0. The van der Waals surface area contributed by atoms with Crippen LogP contribution in [0.1, 0.15) is 71.6 Å². The Balaban J connectivity index is 1.43. The minimum absolute atomic E-state index is 0.0261. The summed E-state index contributed by atoms with van der Waals surface area (Å²) in [5, 5.41) is 21.0. The van der Waals surface area contributed by atoms with Crippen molar-refractivity contribution in [1.29, 1.82) is 0 Å². The van der Waals surface area contributed by atoms with E-state index in [-0.39, 0.29) is 28.4 Å². The highest BCUT2D eigenvalue weighted by Crippen LogP contribution is 2.64. The van der Waals surface area contributed by atoms with Crippen LogP contribution in [0.4, 0.5) is 0 Å². The molecule has 0 aromatic rings. The lowest BCUT2D eigenvalue weighted by Gasteiger charge is -2.57. The van der Waals surface area contributed by atoms with Gasteiger partial charge < -0.3 is 14.9 Å². The summed E-state index contributed by atoms with van der Waals surface area (Å²) in [5.41, 5.74) is 1.15. The Hall–Kier alpha value is -0.710. The van der Waals surface area contributed by atoms with Gasteiger partial charge in [-0.2, -0.15) is 0 Å². The van der Waals surface area contributed by atoms with E-state index in [0.29, 0.717) is 24.4 Å². The maximum Gasteiger partial charge on any atom is 0.159 e. The Morgan fingerprint density at radius 3 is 2.64 bits per heavy atom. The number of ketones is 1. The van der Waals surface area contributed by atoms with Gasteiger partial charge in [0.25, 0.3) is 0 Å². The van der Waals surface area contributed by atoms with Gasteiger partial charge in [-0.3, -0.25) is 4.79 Å². The second kappa shape index (κ2) is 6.65. The number of hydrogen-bond acceptors (Lipinski definition) is 4. The fourth-order valence-corrected chi connectivity index (χ4v) is 7.88. The van der Waals surface area contributed by atoms with E-state index < -0.39 is 12.2 Å². The summed E-state index contributed by atoms with van der Waals surface area (Å²) in [6, 6.07) is 0. The minimum Gasteiger partial charge on any atom is -0.390 e. The van der Waals surface area contributed by atoms with Gasteiger partial charge in [0.15, 0.2) is 5.78 Å². The van der Waals surface area contributed by atoms with Gasteiger partial charge in [-0.25, -0.2) is 0 Å². The van der Waals surface area contributed by atoms with Gasteiger partial charge in [-0.1, -0.05) is 19.4 Å². The number of carbonyl (C=O) groups is 1. The van der Waals surface area contributed by atoms with Crippen LogP contribution in [-0.2, 0) is 9.53 Å². The zero-order chi connectivity index (χ0) is 19.7. The lowest BCUT2D eigenvalue weighted by molar-refractivity contribution is -0.137. The summed E-state index contributed by atoms with van der Waals surface area (Å²) < 4.78 is 6.09. The molecule has 4 heteroatoms. The molecule has 6 unspecified atom stereocenters. The van der Waals surface area contributed by atoms with Crippen LogP contribution in [0.2, 0.25) is 0 Å². The standard InChI is InChI=1S/C24H36O4/c1-23-8-6-14(20-5-3-4-10-28-20)11-15(23)12-18(25)21-16(23)7-9-24(2)17(21)13-19(26)22(24)27/h12,14,16-17,19-22,26-27H,3-11,13H2,1-2H3/t14-,16?,17?,19+,20?,21?,22-,23?,24?/m0/s1. The van der Waals surface area contributed by atoms with E-state index in [1.165, 1.54) is 31.3 Å². The molecule has 1 heterocycles. The van der Waals surface area contributed by atoms with Gasteiger partial charge in [0.05, 0.1) is 18.3 Å². The molecule has 28 heavy (non-hydrogen) atoms. The fourth-order valence-electron chi connectivity index (χ4n) is 7.88. The second-order valence-electron chi connectivity index (χ2n) is 10.9. The first-order chi connectivity index (χ1) is 13.3. The molecule has 0 aromatic heterocycles. The van der Waals surface area contributed by atoms with Crippen molar-refractivity contribution >= 4 is 5.78 Å². The van der Waals surface area contributed by atoms with E-state index in [4.69, 9.17) is 4.74 Å². The summed E-state index contributed by atoms with van der Waals surface area (Å²) in [6.45, 7) is 5.39. The molecule has 0 spiro atoms. The first-order valence-electron chi connectivity index (χ1n) is 11.6. The normalized spacial score (nSPS) is 53.8. The zero-order valence-corrected chi connectivity index (χ0v) is 17.4. The van der Waals surface area contributed by atoms with E-state index in [1.807, 2.05) is 6.08 Å². The van der Waals surface area contributed by atoms with Crippen LogP contribution in [0, 0.1) is 34.5 Å². The summed E-state index contributed by atoms with van der Waals surface area (Å²) in [6.07, 6.45) is 10.5. The Labute approximate surface area is 168 Å². The topological polar surface area (TPSA) is 66.8 Å². The van der Waals surface area contributed by atoms with Crippen molar-refractivity contribution in [2.45, 2.75) is 89.9 Å². The molecule has 156 valence electrons. The van der Waals surface area contributed by atoms with Crippen molar-refractivity contribution in [2.24, 2.45) is 34.5 Å². The van der Waals surface area contributed by atoms with E-state index in [0.717, 1.165) is 32.3 Å². The third kappa shape index (κ3) is 2.63. The van der Waals surface area contributed by atoms with Crippen LogP contribution in [0.15, 0.2) is 11.6 Å². The van der Waals surface area contributed by atoms with Crippen LogP contribution < -0.4 is 0 Å². The predicted molar refractivity (Wildman–Crippen MR) is 107 cm³/mol. The van der Waals surface area contributed by atoms with E-state index in [2.05, 4.69) is 13.8 Å². The number of aliphatic hydroxyl groups excluding tert-OH is 2. The van der Waals surface area contributed by atoms with Crippen molar-refractivity contribution in [3.05, 3.63) is 11.6 Å². The van der Waals surface area contributed by atoms with E-state index >= 15 is 0 Å². The maximum atomic E-state index is 13.3. The molecule has 0 bridgehead atoms. The number of ether oxygens (including phenoxy) is 1. The van der Waals surface area contributed by atoms with Gasteiger partial charge >= 0.3 is 0 Å². The molecule has 4 nitrogen and oxygen atoms in total. The average molecular weight is 389 g/mol. The van der Waals surface area contributed by atoms with E-state index in [9.17, 15) is 15.0 Å². The number of fused-ring (bicyclic) bond motifs is 5. The SMILES string of the molecule is CC12CC[C@H](C3CCCCO3)CC1=CC(=O)C1C2CCC2(C)C1C[C@@H](O)[C@@H]2O. The highest BCUT2D eigenvalue weighted by molar-refractivity contribution is 5.94. The highest BCUT2D eigenvalue weighted by atomic mass is 16.5. The number of hydrogen-bond donors (Lipinski definition) is 2. The molecule has 1 aliphatic heterocycles. The molecule has 2 N–H and O–H groups in total. The molecular weight excluding hydrogens is 352 g/mol. The molecule has 0 aromatic carbocycles. The molecule has 4 aliphatic carbocycles. The van der Waals surface area contributed by atoms with Crippen LogP contribution in [0.3, 0.4) is 0 Å². The minimum atomic E-state index is -0.691. The maximum absolute atomic E-state index is 13.3. The molecule has 4 fully saturated rings. The summed E-state index contributed by atoms with van der Waals surface area (Å²) in [4.78, 5) is 13.3. The van der Waals surface area contributed by atoms with Crippen LogP contribution in [0.25, 0.3) is 0 Å². The average Bonchev–Trinajstić information content (AvgIpc) is 2.92. The molecule has 0 radical (unpaired) electrons. The predicted octanol–water partition coefficient (Wildman–Crippen LogP) is 3.65. The van der Waals surface area contributed by atoms with Gasteiger partial charge in [0, 0.05) is 12.5 Å². The molecular formula is C24H36O4. The first kappa shape index (κ1) is 19.3. The fraction of sp³-hybridized carbons (Fsp3) is 0.875. The Kier molecular flexibility index (Phi) is 4.57. The smallest absolute Gasteiger partial charge is 0.159 e. The van der Waals surface area contributed by atoms with Crippen molar-refractivity contribution in [3.63, 3.8) is 0 Å². The van der Waals surface area contributed by atoms with Crippen LogP contribution in [-0.4, -0.2) is 40.9 Å².